The van der Waals surface area contributed by atoms with E-state index in [4.69, 9.17) is 4.74 Å². The smallest absolute Gasteiger partial charge is 0.306 e. The fourth-order valence-electron chi connectivity index (χ4n) is 3.80. The third kappa shape index (κ3) is 18.3. The Morgan fingerprint density at radius 1 is 0.710 bits per heavy atom. The van der Waals surface area contributed by atoms with Crippen molar-refractivity contribution in [2.24, 2.45) is 0 Å². The maximum Gasteiger partial charge on any atom is 0.306 e. The van der Waals surface area contributed by atoms with Crippen LogP contribution in [0.15, 0.2) is 29.2 Å². The average molecular weight is 449 g/mol. The highest BCUT2D eigenvalue weighted by Gasteiger charge is 2.03. The first-order chi connectivity index (χ1) is 15.2. The molecule has 0 amide bonds. The van der Waals surface area contributed by atoms with Gasteiger partial charge in [-0.2, -0.15) is 0 Å². The second-order valence-electron chi connectivity index (χ2n) is 8.94. The minimum absolute atomic E-state index is 0.0550. The average Bonchev–Trinajstić information content (AvgIpc) is 2.77. The SMILES string of the molecule is CCCCCCCCCCCCCCCCCCOC(=O)CCSc1ccc(C)cc1. The van der Waals surface area contributed by atoms with Crippen molar-refractivity contribution < 1.29 is 9.53 Å². The highest BCUT2D eigenvalue weighted by Crippen LogP contribution is 2.19. The predicted octanol–water partition coefficient (Wildman–Crippen LogP) is 9.28. The van der Waals surface area contributed by atoms with Crippen molar-refractivity contribution in [1.29, 1.82) is 0 Å². The van der Waals surface area contributed by atoms with Crippen LogP contribution in [-0.4, -0.2) is 18.3 Å². The lowest BCUT2D eigenvalue weighted by atomic mass is 10.0. The molecule has 2 nitrogen and oxygen atoms in total. The van der Waals surface area contributed by atoms with Crippen LogP contribution >= 0.6 is 11.8 Å². The standard InChI is InChI=1S/C28H48O2S/c1-3-4-5-6-7-8-9-10-11-12-13-14-15-16-17-18-24-30-28(29)23-25-31-27-21-19-26(2)20-22-27/h19-22H,3-18,23-25H2,1-2H3. The first-order valence-electron chi connectivity index (χ1n) is 13.1. The van der Waals surface area contributed by atoms with Gasteiger partial charge in [-0.25, -0.2) is 0 Å². The van der Waals surface area contributed by atoms with Gasteiger partial charge in [0.05, 0.1) is 13.0 Å². The molecule has 0 heterocycles. The minimum atomic E-state index is -0.0550. The van der Waals surface area contributed by atoms with Gasteiger partial charge in [0.15, 0.2) is 0 Å². The number of esters is 1. The summed E-state index contributed by atoms with van der Waals surface area (Å²) in [6.07, 6.45) is 22.3. The summed E-state index contributed by atoms with van der Waals surface area (Å²) in [6.45, 7) is 4.96. The quantitative estimate of drug-likeness (QED) is 0.106. The van der Waals surface area contributed by atoms with E-state index in [9.17, 15) is 4.79 Å². The van der Waals surface area contributed by atoms with Gasteiger partial charge < -0.3 is 4.74 Å². The molecule has 178 valence electrons. The Bertz CT molecular complexity index is 526. The van der Waals surface area contributed by atoms with Crippen LogP contribution in [-0.2, 0) is 9.53 Å². The molecule has 0 radical (unpaired) electrons. The van der Waals surface area contributed by atoms with Crippen molar-refractivity contribution >= 4 is 17.7 Å². The van der Waals surface area contributed by atoms with E-state index in [-0.39, 0.29) is 5.97 Å². The summed E-state index contributed by atoms with van der Waals surface area (Å²) in [7, 11) is 0. The van der Waals surface area contributed by atoms with E-state index in [1.807, 2.05) is 0 Å². The van der Waals surface area contributed by atoms with Gasteiger partial charge in [-0.3, -0.25) is 4.79 Å². The lowest BCUT2D eigenvalue weighted by molar-refractivity contribution is -0.143. The van der Waals surface area contributed by atoms with Crippen molar-refractivity contribution in [3.05, 3.63) is 29.8 Å². The molecule has 0 spiro atoms. The summed E-state index contributed by atoms with van der Waals surface area (Å²) < 4.78 is 5.37. The van der Waals surface area contributed by atoms with Crippen LogP contribution in [0.3, 0.4) is 0 Å². The zero-order valence-electron chi connectivity index (χ0n) is 20.5. The Morgan fingerprint density at radius 3 is 1.65 bits per heavy atom. The Balaban J connectivity index is 1.76. The third-order valence-corrected chi connectivity index (χ3v) is 6.87. The summed E-state index contributed by atoms with van der Waals surface area (Å²) in [5.41, 5.74) is 1.27. The van der Waals surface area contributed by atoms with Gasteiger partial charge in [-0.15, -0.1) is 11.8 Å². The van der Waals surface area contributed by atoms with E-state index in [1.54, 1.807) is 11.8 Å². The molecule has 0 N–H and O–H groups in total. The molecule has 0 atom stereocenters. The highest BCUT2D eigenvalue weighted by atomic mass is 32.2. The molecule has 0 aromatic heterocycles. The van der Waals surface area contributed by atoms with Gasteiger partial charge in [-0.05, 0) is 25.5 Å². The summed E-state index contributed by atoms with van der Waals surface area (Å²) >= 11 is 1.72. The minimum Gasteiger partial charge on any atom is -0.466 e. The molecule has 0 saturated carbocycles. The number of unbranched alkanes of at least 4 members (excludes halogenated alkanes) is 15. The Hall–Kier alpha value is -0.960. The summed E-state index contributed by atoms with van der Waals surface area (Å²) in [6, 6.07) is 8.44. The summed E-state index contributed by atoms with van der Waals surface area (Å²) in [5.74, 6) is 0.737. The number of benzene rings is 1. The number of hydrogen-bond donors (Lipinski definition) is 0. The Kier molecular flexibility index (Phi) is 18.9. The van der Waals surface area contributed by atoms with E-state index in [0.29, 0.717) is 13.0 Å². The molecular weight excluding hydrogens is 400 g/mol. The fourth-order valence-corrected chi connectivity index (χ4v) is 4.63. The third-order valence-electron chi connectivity index (χ3n) is 5.86. The topological polar surface area (TPSA) is 26.3 Å². The van der Waals surface area contributed by atoms with Crippen LogP contribution in [0, 0.1) is 6.92 Å². The van der Waals surface area contributed by atoms with Crippen LogP contribution in [0.5, 0.6) is 0 Å². The number of thioether (sulfide) groups is 1. The van der Waals surface area contributed by atoms with Gasteiger partial charge in [0, 0.05) is 10.6 Å². The second-order valence-corrected chi connectivity index (χ2v) is 10.1. The molecule has 0 unspecified atom stereocenters. The summed E-state index contributed by atoms with van der Waals surface area (Å²) in [4.78, 5) is 13.0. The molecule has 0 aliphatic rings. The van der Waals surface area contributed by atoms with Crippen LogP contribution in [0.1, 0.15) is 122 Å². The molecule has 0 saturated heterocycles. The van der Waals surface area contributed by atoms with Gasteiger partial charge in [0.25, 0.3) is 0 Å². The van der Waals surface area contributed by atoms with Crippen LogP contribution in [0.4, 0.5) is 0 Å². The highest BCUT2D eigenvalue weighted by molar-refractivity contribution is 7.99. The van der Waals surface area contributed by atoms with Gasteiger partial charge in [0.2, 0.25) is 0 Å². The van der Waals surface area contributed by atoms with E-state index in [0.717, 1.165) is 12.2 Å². The molecule has 1 aromatic carbocycles. The van der Waals surface area contributed by atoms with Crippen molar-refractivity contribution in [3.63, 3.8) is 0 Å². The van der Waals surface area contributed by atoms with E-state index < -0.39 is 0 Å². The number of aryl methyl sites for hydroxylation is 1. The molecule has 0 fully saturated rings. The molecular formula is C28H48O2S. The number of rotatable bonds is 21. The number of hydrogen-bond acceptors (Lipinski definition) is 3. The van der Waals surface area contributed by atoms with E-state index in [2.05, 4.69) is 38.1 Å². The first kappa shape index (κ1) is 28.1. The zero-order valence-corrected chi connectivity index (χ0v) is 21.3. The van der Waals surface area contributed by atoms with Crippen molar-refractivity contribution in [1.82, 2.24) is 0 Å². The van der Waals surface area contributed by atoms with Gasteiger partial charge >= 0.3 is 5.97 Å². The summed E-state index contributed by atoms with van der Waals surface area (Å²) in [5, 5.41) is 0. The second kappa shape index (κ2) is 20.9. The lowest BCUT2D eigenvalue weighted by Crippen LogP contribution is -2.06. The molecule has 0 aliphatic carbocycles. The molecule has 31 heavy (non-hydrogen) atoms. The number of carbonyl (C=O) groups excluding carboxylic acids is 1. The van der Waals surface area contributed by atoms with Crippen LogP contribution in [0.2, 0.25) is 0 Å². The molecule has 1 aromatic rings. The van der Waals surface area contributed by atoms with Gasteiger partial charge in [0.1, 0.15) is 0 Å². The van der Waals surface area contributed by atoms with Crippen molar-refractivity contribution in [2.75, 3.05) is 12.4 Å². The van der Waals surface area contributed by atoms with Crippen molar-refractivity contribution in [2.45, 2.75) is 128 Å². The molecule has 0 aliphatic heterocycles. The van der Waals surface area contributed by atoms with Crippen LogP contribution in [0.25, 0.3) is 0 Å². The van der Waals surface area contributed by atoms with E-state index in [1.165, 1.54) is 107 Å². The number of ether oxygens (including phenoxy) is 1. The Morgan fingerprint density at radius 2 is 1.16 bits per heavy atom. The van der Waals surface area contributed by atoms with Gasteiger partial charge in [-0.1, -0.05) is 121 Å². The normalized spacial score (nSPS) is 11.0. The molecule has 0 bridgehead atoms. The largest absolute Gasteiger partial charge is 0.466 e. The predicted molar refractivity (Wildman–Crippen MR) is 137 cm³/mol. The first-order valence-corrected chi connectivity index (χ1v) is 14.1. The monoisotopic (exact) mass is 448 g/mol. The molecule has 1 rings (SSSR count). The maximum atomic E-state index is 11.8. The Labute approximate surface area is 197 Å². The maximum absolute atomic E-state index is 11.8. The van der Waals surface area contributed by atoms with Crippen molar-refractivity contribution in [3.8, 4) is 0 Å². The fraction of sp³-hybridized carbons (Fsp3) is 0.750. The zero-order chi connectivity index (χ0) is 22.4. The number of carbonyl (C=O) groups is 1. The lowest BCUT2D eigenvalue weighted by Gasteiger charge is -2.06. The van der Waals surface area contributed by atoms with E-state index >= 15 is 0 Å². The van der Waals surface area contributed by atoms with Crippen LogP contribution < -0.4 is 0 Å². The molecule has 3 heteroatoms.